The van der Waals surface area contributed by atoms with Gasteiger partial charge in [0.1, 0.15) is 23.6 Å². The molecule has 7 nitrogen and oxygen atoms in total. The van der Waals surface area contributed by atoms with E-state index in [1.807, 2.05) is 5.38 Å². The third-order valence-electron chi connectivity index (χ3n) is 6.98. The van der Waals surface area contributed by atoms with Crippen LogP contribution in [-0.2, 0) is 22.4 Å². The Kier molecular flexibility index (Phi) is 7.64. The van der Waals surface area contributed by atoms with Crippen LogP contribution in [0.3, 0.4) is 0 Å². The number of halogens is 5. The van der Waals surface area contributed by atoms with E-state index in [0.717, 1.165) is 20.1 Å². The van der Waals surface area contributed by atoms with Crippen molar-refractivity contribution >= 4 is 38.9 Å². The molecule has 13 heteroatoms. The van der Waals surface area contributed by atoms with Gasteiger partial charge in [0.05, 0.1) is 10.7 Å². The van der Waals surface area contributed by atoms with Gasteiger partial charge in [0.2, 0.25) is 5.91 Å². The lowest BCUT2D eigenvalue weighted by Gasteiger charge is -2.31. The van der Waals surface area contributed by atoms with E-state index in [2.05, 4.69) is 21.1 Å². The summed E-state index contributed by atoms with van der Waals surface area (Å²) in [5.74, 6) is -0.644. The van der Waals surface area contributed by atoms with Gasteiger partial charge >= 0.3 is 6.18 Å². The lowest BCUT2D eigenvalue weighted by Crippen LogP contribution is -2.42. The fraction of sp³-hybridized carbons (Fsp3) is 0.385. The maximum absolute atomic E-state index is 13.7. The Bertz CT molecular complexity index is 1500. The second-order valence-electron chi connectivity index (χ2n) is 9.51. The molecular weight excluding hydrogens is 604 g/mol. The number of alkyl halides is 3. The predicted molar refractivity (Wildman–Crippen MR) is 140 cm³/mol. The minimum atomic E-state index is -4.78. The third kappa shape index (κ3) is 5.79. The number of rotatable bonds is 5. The molecule has 4 heterocycles. The van der Waals surface area contributed by atoms with E-state index in [1.165, 1.54) is 36.5 Å². The summed E-state index contributed by atoms with van der Waals surface area (Å²) in [7, 11) is 0. The van der Waals surface area contributed by atoms with Crippen molar-refractivity contribution in [2.45, 2.75) is 50.9 Å². The number of thiazole rings is 1. The Morgan fingerprint density at radius 2 is 1.95 bits per heavy atom. The van der Waals surface area contributed by atoms with Crippen molar-refractivity contribution in [3.05, 3.63) is 83.9 Å². The number of piperidine rings is 1. The van der Waals surface area contributed by atoms with Crippen LogP contribution in [-0.4, -0.2) is 39.2 Å². The van der Waals surface area contributed by atoms with Gasteiger partial charge in [-0.1, -0.05) is 21.1 Å². The molecule has 5 rings (SSSR count). The Labute approximate surface area is 233 Å². The number of hydrogen-bond donors (Lipinski definition) is 0. The van der Waals surface area contributed by atoms with E-state index < -0.39 is 35.9 Å². The Balaban J connectivity index is 1.19. The van der Waals surface area contributed by atoms with Crippen LogP contribution >= 0.6 is 27.3 Å². The van der Waals surface area contributed by atoms with Crippen molar-refractivity contribution in [2.75, 3.05) is 13.1 Å². The number of pyridine rings is 1. The molecule has 1 fully saturated rings. The Morgan fingerprint density at radius 1 is 1.21 bits per heavy atom. The van der Waals surface area contributed by atoms with Crippen LogP contribution < -0.4 is 5.56 Å². The molecule has 1 amide bonds. The van der Waals surface area contributed by atoms with Crippen LogP contribution in [0.2, 0.25) is 0 Å². The van der Waals surface area contributed by atoms with Crippen molar-refractivity contribution in [1.82, 2.24) is 14.5 Å². The zero-order chi connectivity index (χ0) is 27.9. The van der Waals surface area contributed by atoms with Crippen LogP contribution in [0.15, 0.2) is 50.1 Å². The molecule has 39 heavy (non-hydrogen) atoms. The lowest BCUT2D eigenvalue weighted by atomic mass is 9.97. The fourth-order valence-corrected chi connectivity index (χ4v) is 6.26. The molecule has 2 aliphatic rings. The molecular formula is C26H23BrF4N4O3S. The highest BCUT2D eigenvalue weighted by Crippen LogP contribution is 2.36. The molecule has 0 spiro atoms. The highest BCUT2D eigenvalue weighted by molar-refractivity contribution is 9.10. The van der Waals surface area contributed by atoms with Gasteiger partial charge in [0.25, 0.3) is 5.56 Å². The van der Waals surface area contributed by atoms with Crippen molar-refractivity contribution in [3.8, 4) is 0 Å². The zero-order valence-electron chi connectivity index (χ0n) is 20.7. The van der Waals surface area contributed by atoms with E-state index in [4.69, 9.17) is 9.82 Å². The summed E-state index contributed by atoms with van der Waals surface area (Å²) in [6.45, 7) is 1.87. The van der Waals surface area contributed by atoms with Crippen LogP contribution in [0.5, 0.6) is 0 Å². The largest absolute Gasteiger partial charge is 0.421 e. The summed E-state index contributed by atoms with van der Waals surface area (Å²) in [4.78, 5) is 37.1. The van der Waals surface area contributed by atoms with Crippen molar-refractivity contribution in [3.63, 3.8) is 0 Å². The van der Waals surface area contributed by atoms with Gasteiger partial charge in [-0.05, 0) is 50.1 Å². The van der Waals surface area contributed by atoms with Gasteiger partial charge in [0, 0.05) is 46.5 Å². The van der Waals surface area contributed by atoms with Crippen LogP contribution in [0.1, 0.15) is 58.8 Å². The molecule has 1 aromatic carbocycles. The van der Waals surface area contributed by atoms with Crippen LogP contribution in [0, 0.1) is 12.7 Å². The second-order valence-corrected chi connectivity index (χ2v) is 11.2. The molecule has 2 aliphatic heterocycles. The van der Waals surface area contributed by atoms with E-state index in [9.17, 15) is 27.2 Å². The van der Waals surface area contributed by atoms with E-state index in [1.54, 1.807) is 11.0 Å². The molecule has 0 bridgehead atoms. The number of aromatic nitrogens is 2. The fourth-order valence-electron chi connectivity index (χ4n) is 4.76. The average molecular weight is 627 g/mol. The van der Waals surface area contributed by atoms with Crippen LogP contribution in [0.4, 0.5) is 17.6 Å². The summed E-state index contributed by atoms with van der Waals surface area (Å²) in [5.41, 5.74) is -0.171. The van der Waals surface area contributed by atoms with Gasteiger partial charge < -0.3 is 14.3 Å². The van der Waals surface area contributed by atoms with Gasteiger partial charge in [0.15, 0.2) is 6.10 Å². The molecule has 1 saturated heterocycles. The number of benzene rings is 1. The first kappa shape index (κ1) is 27.5. The van der Waals surface area contributed by atoms with Crippen molar-refractivity contribution in [1.29, 1.82) is 0 Å². The van der Waals surface area contributed by atoms with E-state index >= 15 is 0 Å². The molecule has 0 radical (unpaired) electrons. The van der Waals surface area contributed by atoms with Crippen molar-refractivity contribution < 1.29 is 27.2 Å². The number of carbonyl (C=O) groups is 1. The first-order valence-corrected chi connectivity index (χ1v) is 13.9. The van der Waals surface area contributed by atoms with Crippen molar-refractivity contribution in [2.24, 2.45) is 5.16 Å². The number of likely N-dealkylation sites (tertiary alicyclic amines) is 1. The predicted octanol–water partition coefficient (Wildman–Crippen LogP) is 5.81. The SMILES string of the molecule is Cc1ccc(C(F)(F)F)c(=O)n1CC(=O)N1CCC(c2nc(C3=NOC(c4cc(F)ccc4Br)C3)cs2)CC1. The third-order valence-corrected chi connectivity index (χ3v) is 8.71. The quantitative estimate of drug-likeness (QED) is 0.335. The monoisotopic (exact) mass is 626 g/mol. The smallest absolute Gasteiger partial charge is 0.387 e. The maximum Gasteiger partial charge on any atom is 0.421 e. The number of hydrogen-bond acceptors (Lipinski definition) is 6. The molecule has 1 atom stereocenters. The number of amides is 1. The maximum atomic E-state index is 13.7. The minimum Gasteiger partial charge on any atom is -0.387 e. The van der Waals surface area contributed by atoms with Gasteiger partial charge in [-0.25, -0.2) is 9.37 Å². The zero-order valence-corrected chi connectivity index (χ0v) is 23.1. The summed E-state index contributed by atoms with van der Waals surface area (Å²) in [6, 6.07) is 6.35. The summed E-state index contributed by atoms with van der Waals surface area (Å²) >= 11 is 4.92. The topological polar surface area (TPSA) is 76.8 Å². The molecule has 2 aromatic heterocycles. The number of nitrogens with zero attached hydrogens (tertiary/aromatic N) is 4. The van der Waals surface area contributed by atoms with Crippen LogP contribution in [0.25, 0.3) is 0 Å². The minimum absolute atomic E-state index is 0.113. The van der Waals surface area contributed by atoms with E-state index in [0.29, 0.717) is 49.3 Å². The molecule has 206 valence electrons. The average Bonchev–Trinajstić information content (AvgIpc) is 3.57. The highest BCUT2D eigenvalue weighted by atomic mass is 79.9. The molecule has 3 aromatic rings. The number of carbonyl (C=O) groups excluding carboxylic acids is 1. The highest BCUT2D eigenvalue weighted by Gasteiger charge is 2.35. The number of oxime groups is 1. The standard InChI is InChI=1S/C26H23BrF4N4O3S/c1-14-2-4-18(26(29,30)31)25(37)35(14)12-23(36)34-8-6-15(7-9-34)24-32-21(13-39-24)20-11-22(38-33-20)17-10-16(28)3-5-19(17)27/h2-5,10,13,15,22H,6-9,11-12H2,1H3. The lowest BCUT2D eigenvalue weighted by molar-refractivity contribution is -0.139. The van der Waals surface area contributed by atoms with Gasteiger partial charge in [-0.15, -0.1) is 11.3 Å². The Morgan fingerprint density at radius 3 is 2.67 bits per heavy atom. The molecule has 0 aliphatic carbocycles. The number of aryl methyl sites for hydroxylation is 1. The van der Waals surface area contributed by atoms with Gasteiger partial charge in [-0.3, -0.25) is 9.59 Å². The molecule has 0 N–H and O–H groups in total. The first-order valence-electron chi connectivity index (χ1n) is 12.2. The molecule has 1 unspecified atom stereocenters. The second kappa shape index (κ2) is 10.8. The Hall–Kier alpha value is -3.06. The van der Waals surface area contributed by atoms with E-state index in [-0.39, 0.29) is 17.4 Å². The normalized spacial score (nSPS) is 18.3. The molecule has 0 saturated carbocycles. The summed E-state index contributed by atoms with van der Waals surface area (Å²) < 4.78 is 54.7. The van der Waals surface area contributed by atoms with Gasteiger partial charge in [-0.2, -0.15) is 13.2 Å². The first-order chi connectivity index (χ1) is 18.5. The summed E-state index contributed by atoms with van der Waals surface area (Å²) in [5, 5.41) is 6.98. The summed E-state index contributed by atoms with van der Waals surface area (Å²) in [6.07, 6.45) is -3.48.